The highest BCUT2D eigenvalue weighted by Crippen LogP contribution is 2.21. The van der Waals surface area contributed by atoms with Gasteiger partial charge >= 0.3 is 0 Å². The summed E-state index contributed by atoms with van der Waals surface area (Å²) in [5, 5.41) is 10.1. The molecule has 0 bridgehead atoms. The SMILES string of the molecule is CCO/C(C(=C=O)C#C[Si](C)(C)C)=C(\O)c1ccco1. The molecule has 0 spiro atoms. The minimum atomic E-state index is -1.65. The number of hydrogen-bond acceptors (Lipinski definition) is 4. The molecule has 1 aromatic rings. The highest BCUT2D eigenvalue weighted by atomic mass is 28.3. The molecule has 1 heterocycles. The van der Waals surface area contributed by atoms with Crippen molar-refractivity contribution in [3.8, 4) is 11.5 Å². The van der Waals surface area contributed by atoms with E-state index in [1.54, 1.807) is 25.0 Å². The van der Waals surface area contributed by atoms with Crippen molar-refractivity contribution in [2.24, 2.45) is 0 Å². The Labute approximate surface area is 119 Å². The van der Waals surface area contributed by atoms with Gasteiger partial charge in [-0.3, -0.25) is 0 Å². The van der Waals surface area contributed by atoms with Gasteiger partial charge in [0.25, 0.3) is 0 Å². The van der Waals surface area contributed by atoms with E-state index in [9.17, 15) is 9.90 Å². The minimum Gasteiger partial charge on any atom is -0.502 e. The molecular weight excluding hydrogens is 272 g/mol. The van der Waals surface area contributed by atoms with Crippen LogP contribution in [0.5, 0.6) is 0 Å². The molecule has 1 aromatic heterocycles. The fourth-order valence-corrected chi connectivity index (χ4v) is 1.81. The zero-order valence-corrected chi connectivity index (χ0v) is 13.1. The number of furan rings is 1. The standard InChI is InChI=1S/C15H18O4Si/c1-5-18-15(14(17)13-7-6-9-19-13)12(11-16)8-10-20(2,3)4/h6-7,9,17H,5H2,1-4H3/b15-14-. The molecular formula is C15H18O4Si. The first-order valence-corrected chi connectivity index (χ1v) is 9.77. The molecule has 0 aromatic carbocycles. The molecule has 0 radical (unpaired) electrons. The number of aliphatic hydroxyl groups is 1. The lowest BCUT2D eigenvalue weighted by molar-refractivity contribution is 0.231. The van der Waals surface area contributed by atoms with E-state index < -0.39 is 8.07 Å². The summed E-state index contributed by atoms with van der Waals surface area (Å²) in [7, 11) is -1.65. The number of aliphatic hydroxyl groups excluding tert-OH is 1. The van der Waals surface area contributed by atoms with Crippen molar-refractivity contribution in [3.05, 3.63) is 35.5 Å². The van der Waals surface area contributed by atoms with Gasteiger partial charge < -0.3 is 14.3 Å². The molecule has 0 saturated heterocycles. The molecule has 0 fully saturated rings. The van der Waals surface area contributed by atoms with Crippen LogP contribution in [0, 0.1) is 11.5 Å². The molecule has 1 rings (SSSR count). The summed E-state index contributed by atoms with van der Waals surface area (Å²) in [5.41, 5.74) is 3.05. The molecule has 1 N–H and O–H groups in total. The predicted octanol–water partition coefficient (Wildman–Crippen LogP) is 3.18. The first-order valence-electron chi connectivity index (χ1n) is 6.27. The maximum atomic E-state index is 11.1. The van der Waals surface area contributed by atoms with E-state index in [-0.39, 0.29) is 22.9 Å². The van der Waals surface area contributed by atoms with Gasteiger partial charge in [-0.25, -0.2) is 4.79 Å². The molecule has 5 heteroatoms. The second-order valence-electron chi connectivity index (χ2n) is 5.07. The summed E-state index contributed by atoms with van der Waals surface area (Å²) >= 11 is 0. The molecule has 0 aliphatic carbocycles. The van der Waals surface area contributed by atoms with Gasteiger partial charge in [0.15, 0.2) is 17.1 Å². The van der Waals surface area contributed by atoms with E-state index >= 15 is 0 Å². The molecule has 0 unspecified atom stereocenters. The number of ether oxygens (including phenoxy) is 1. The Kier molecular flexibility index (Phi) is 5.45. The van der Waals surface area contributed by atoms with Gasteiger partial charge in [-0.1, -0.05) is 25.6 Å². The maximum absolute atomic E-state index is 11.1. The van der Waals surface area contributed by atoms with Crippen molar-refractivity contribution < 1.29 is 19.1 Å². The molecule has 0 atom stereocenters. The van der Waals surface area contributed by atoms with Crippen LogP contribution in [-0.2, 0) is 9.53 Å². The number of rotatable bonds is 4. The van der Waals surface area contributed by atoms with Gasteiger partial charge in [0.2, 0.25) is 5.76 Å². The third kappa shape index (κ3) is 4.50. The predicted molar refractivity (Wildman–Crippen MR) is 80.2 cm³/mol. The fraction of sp³-hybridized carbons (Fsp3) is 0.333. The maximum Gasteiger partial charge on any atom is 0.203 e. The monoisotopic (exact) mass is 290 g/mol. The van der Waals surface area contributed by atoms with Crippen molar-refractivity contribution in [3.63, 3.8) is 0 Å². The van der Waals surface area contributed by atoms with Gasteiger partial charge in [0.05, 0.1) is 12.9 Å². The van der Waals surface area contributed by atoms with Crippen LogP contribution in [0.2, 0.25) is 19.6 Å². The number of carbonyl (C=O) groups excluding carboxylic acids is 1. The van der Waals surface area contributed by atoms with Crippen LogP contribution in [0.3, 0.4) is 0 Å². The van der Waals surface area contributed by atoms with Crippen LogP contribution in [0.25, 0.3) is 5.76 Å². The van der Waals surface area contributed by atoms with Gasteiger partial charge in [-0.15, -0.1) is 5.54 Å². The van der Waals surface area contributed by atoms with Crippen molar-refractivity contribution >= 4 is 19.8 Å². The summed E-state index contributed by atoms with van der Waals surface area (Å²) in [6.07, 6.45) is 1.42. The largest absolute Gasteiger partial charge is 0.502 e. The average Bonchev–Trinajstić information content (AvgIpc) is 2.90. The second-order valence-corrected chi connectivity index (χ2v) is 9.82. The molecule has 4 nitrogen and oxygen atoms in total. The zero-order chi connectivity index (χ0) is 15.2. The molecule has 0 saturated carbocycles. The Morgan fingerprint density at radius 1 is 1.45 bits per heavy atom. The zero-order valence-electron chi connectivity index (χ0n) is 12.1. The highest BCUT2D eigenvalue weighted by molar-refractivity contribution is 6.83. The molecule has 20 heavy (non-hydrogen) atoms. The Morgan fingerprint density at radius 3 is 2.60 bits per heavy atom. The number of allylic oxidation sites excluding steroid dienone is 1. The lowest BCUT2D eigenvalue weighted by atomic mass is 10.2. The summed E-state index contributed by atoms with van der Waals surface area (Å²) in [5.74, 6) is 4.46. The lowest BCUT2D eigenvalue weighted by Crippen LogP contribution is -2.16. The summed E-state index contributed by atoms with van der Waals surface area (Å²) < 4.78 is 10.4. The van der Waals surface area contributed by atoms with E-state index in [0.717, 1.165) is 0 Å². The molecule has 0 amide bonds. The third-order valence-electron chi connectivity index (χ3n) is 2.15. The first-order chi connectivity index (χ1) is 9.39. The summed E-state index contributed by atoms with van der Waals surface area (Å²) in [4.78, 5) is 11.1. The Morgan fingerprint density at radius 2 is 2.15 bits per heavy atom. The number of hydrogen-bond donors (Lipinski definition) is 1. The highest BCUT2D eigenvalue weighted by Gasteiger charge is 2.17. The van der Waals surface area contributed by atoms with Crippen molar-refractivity contribution in [2.75, 3.05) is 6.61 Å². The Hall–Kier alpha value is -2.15. The van der Waals surface area contributed by atoms with E-state index in [2.05, 4.69) is 31.1 Å². The van der Waals surface area contributed by atoms with Gasteiger partial charge in [0, 0.05) is 0 Å². The first kappa shape index (κ1) is 15.9. The van der Waals surface area contributed by atoms with Crippen LogP contribution in [-0.4, -0.2) is 25.7 Å². The van der Waals surface area contributed by atoms with Crippen LogP contribution in [0.15, 0.2) is 34.1 Å². The molecule has 106 valence electrons. The summed E-state index contributed by atoms with van der Waals surface area (Å²) in [6, 6.07) is 3.20. The Bertz CT molecular complexity index is 588. The minimum absolute atomic E-state index is 0.00294. The van der Waals surface area contributed by atoms with Crippen LogP contribution < -0.4 is 0 Å². The van der Waals surface area contributed by atoms with Crippen LogP contribution in [0.4, 0.5) is 0 Å². The fourth-order valence-electron chi connectivity index (χ4n) is 1.31. The van der Waals surface area contributed by atoms with Crippen LogP contribution >= 0.6 is 0 Å². The third-order valence-corrected chi connectivity index (χ3v) is 3.02. The van der Waals surface area contributed by atoms with Crippen molar-refractivity contribution in [1.82, 2.24) is 0 Å². The molecule has 0 aliphatic rings. The van der Waals surface area contributed by atoms with E-state index in [1.807, 2.05) is 0 Å². The quantitative estimate of drug-likeness (QED) is 0.304. The van der Waals surface area contributed by atoms with Gasteiger partial charge in [-0.2, -0.15) is 0 Å². The smallest absolute Gasteiger partial charge is 0.203 e. The van der Waals surface area contributed by atoms with E-state index in [0.29, 0.717) is 6.61 Å². The van der Waals surface area contributed by atoms with E-state index in [4.69, 9.17) is 9.15 Å². The Balaban J connectivity index is 3.28. The lowest BCUT2D eigenvalue weighted by Gasteiger charge is -2.09. The molecule has 0 aliphatic heterocycles. The van der Waals surface area contributed by atoms with Gasteiger partial charge in [0.1, 0.15) is 14.0 Å². The van der Waals surface area contributed by atoms with Crippen LogP contribution in [0.1, 0.15) is 12.7 Å². The normalized spacial score (nSPS) is 11.8. The topological polar surface area (TPSA) is 59.7 Å². The van der Waals surface area contributed by atoms with Crippen molar-refractivity contribution in [2.45, 2.75) is 26.6 Å². The summed E-state index contributed by atoms with van der Waals surface area (Å²) in [6.45, 7) is 8.21. The van der Waals surface area contributed by atoms with Gasteiger partial charge in [-0.05, 0) is 19.1 Å². The van der Waals surface area contributed by atoms with E-state index in [1.165, 1.54) is 6.26 Å². The second kappa shape index (κ2) is 6.85. The van der Waals surface area contributed by atoms with Crippen molar-refractivity contribution in [1.29, 1.82) is 0 Å². The average molecular weight is 290 g/mol.